The second-order valence-electron chi connectivity index (χ2n) is 4.20. The number of halogens is 3. The number of hydrogen-bond donors (Lipinski definition) is 2. The van der Waals surface area contributed by atoms with Gasteiger partial charge in [-0.3, -0.25) is 0 Å². The van der Waals surface area contributed by atoms with Gasteiger partial charge in [0.25, 0.3) is 0 Å². The molecule has 1 fully saturated rings. The summed E-state index contributed by atoms with van der Waals surface area (Å²) in [5.41, 5.74) is 0.111. The molecule has 2 N–H and O–H groups in total. The summed E-state index contributed by atoms with van der Waals surface area (Å²) in [6, 6.07) is 1.04. The molecule has 2 rings (SSSR count). The quantitative estimate of drug-likeness (QED) is 0.878. The zero-order valence-corrected chi connectivity index (χ0v) is 12.0. The van der Waals surface area contributed by atoms with Gasteiger partial charge in [-0.2, -0.15) is 0 Å². The van der Waals surface area contributed by atoms with E-state index in [1.165, 1.54) is 12.1 Å². The molecule has 0 bridgehead atoms. The first-order valence-electron chi connectivity index (χ1n) is 5.81. The highest BCUT2D eigenvalue weighted by molar-refractivity contribution is 9.10. The number of hydrogen-bond acceptors (Lipinski definition) is 4. The lowest BCUT2D eigenvalue weighted by Gasteiger charge is -2.32. The van der Waals surface area contributed by atoms with E-state index in [2.05, 4.69) is 26.0 Å². The van der Waals surface area contributed by atoms with Crippen LogP contribution >= 0.6 is 15.9 Å². The van der Waals surface area contributed by atoms with Crippen molar-refractivity contribution in [1.29, 1.82) is 0 Å². The molecular weight excluding hydrogens is 340 g/mol. The van der Waals surface area contributed by atoms with Gasteiger partial charge in [-0.25, -0.2) is 13.6 Å². The standard InChI is InChI=1S/C12H12BrF2NO4/c1-2-19-8-4-6(3-7(13)9(8)17)10-12(14,15)5-20-11(18)16-10/h3-4,10,17H,2,5H2,1H3,(H,16,18)/t10-/m1/s1. The Kier molecular flexibility index (Phi) is 4.03. The molecule has 1 aromatic carbocycles. The average Bonchev–Trinajstić information content (AvgIpc) is 2.38. The van der Waals surface area contributed by atoms with Crippen LogP contribution in [0.2, 0.25) is 0 Å². The number of rotatable bonds is 3. The van der Waals surface area contributed by atoms with Crippen LogP contribution in [-0.2, 0) is 4.74 Å². The monoisotopic (exact) mass is 351 g/mol. The van der Waals surface area contributed by atoms with Gasteiger partial charge in [-0.05, 0) is 40.5 Å². The number of phenols is 1. The van der Waals surface area contributed by atoms with Gasteiger partial charge in [-0.15, -0.1) is 0 Å². The molecule has 20 heavy (non-hydrogen) atoms. The van der Waals surface area contributed by atoms with Crippen LogP contribution in [0.15, 0.2) is 16.6 Å². The van der Waals surface area contributed by atoms with Crippen LogP contribution < -0.4 is 10.1 Å². The minimum atomic E-state index is -3.26. The molecule has 1 atom stereocenters. The Bertz CT molecular complexity index is 538. The zero-order valence-electron chi connectivity index (χ0n) is 10.5. The molecule has 0 saturated carbocycles. The number of nitrogens with one attached hydrogen (secondary N) is 1. The van der Waals surface area contributed by atoms with E-state index in [0.29, 0.717) is 0 Å². The van der Waals surface area contributed by atoms with Crippen molar-refractivity contribution in [2.75, 3.05) is 13.2 Å². The summed E-state index contributed by atoms with van der Waals surface area (Å²) in [7, 11) is 0. The smallest absolute Gasteiger partial charge is 0.408 e. The number of carbonyl (C=O) groups excluding carboxylic acids is 1. The second-order valence-corrected chi connectivity index (χ2v) is 5.05. The van der Waals surface area contributed by atoms with Gasteiger partial charge < -0.3 is 19.9 Å². The molecule has 1 aliphatic heterocycles. The zero-order chi connectivity index (χ0) is 14.9. The first-order valence-corrected chi connectivity index (χ1v) is 6.60. The Morgan fingerprint density at radius 1 is 1.60 bits per heavy atom. The Hall–Kier alpha value is -1.57. The lowest BCUT2D eigenvalue weighted by Crippen LogP contribution is -2.49. The molecule has 0 aromatic heterocycles. The topological polar surface area (TPSA) is 67.8 Å². The number of amides is 1. The van der Waals surface area contributed by atoms with E-state index < -0.39 is 24.7 Å². The average molecular weight is 352 g/mol. The molecule has 0 aliphatic carbocycles. The van der Waals surface area contributed by atoms with Crippen molar-refractivity contribution in [2.45, 2.75) is 18.9 Å². The van der Waals surface area contributed by atoms with Crippen LogP contribution in [0, 0.1) is 0 Å². The largest absolute Gasteiger partial charge is 0.503 e. The Balaban J connectivity index is 2.43. The first-order chi connectivity index (χ1) is 9.35. The molecular formula is C12H12BrF2NO4. The van der Waals surface area contributed by atoms with Gasteiger partial charge in [0.15, 0.2) is 18.1 Å². The van der Waals surface area contributed by atoms with E-state index in [-0.39, 0.29) is 28.1 Å². The van der Waals surface area contributed by atoms with E-state index in [1.807, 2.05) is 0 Å². The molecule has 1 saturated heterocycles. The summed E-state index contributed by atoms with van der Waals surface area (Å²) in [6.07, 6.45) is -0.914. The molecule has 0 radical (unpaired) electrons. The van der Waals surface area contributed by atoms with Gasteiger partial charge in [0.1, 0.15) is 6.04 Å². The SMILES string of the molecule is CCOc1cc([C@H]2NC(=O)OCC2(F)F)cc(Br)c1O. The maximum atomic E-state index is 13.8. The Morgan fingerprint density at radius 2 is 2.30 bits per heavy atom. The van der Waals surface area contributed by atoms with Crippen LogP contribution in [0.3, 0.4) is 0 Å². The van der Waals surface area contributed by atoms with Crippen molar-refractivity contribution >= 4 is 22.0 Å². The summed E-state index contributed by atoms with van der Waals surface area (Å²) in [5, 5.41) is 11.8. The van der Waals surface area contributed by atoms with Crippen LogP contribution in [-0.4, -0.2) is 30.3 Å². The number of aromatic hydroxyl groups is 1. The predicted molar refractivity (Wildman–Crippen MR) is 69.1 cm³/mol. The third-order valence-electron chi connectivity index (χ3n) is 2.76. The maximum absolute atomic E-state index is 13.8. The minimum Gasteiger partial charge on any atom is -0.503 e. The lowest BCUT2D eigenvalue weighted by atomic mass is 9.99. The van der Waals surface area contributed by atoms with Gasteiger partial charge in [0, 0.05) is 0 Å². The number of alkyl carbamates (subject to hydrolysis) is 1. The molecule has 1 aromatic rings. The van der Waals surface area contributed by atoms with Crippen LogP contribution in [0.1, 0.15) is 18.5 Å². The third kappa shape index (κ3) is 2.79. The van der Waals surface area contributed by atoms with Crippen molar-refractivity contribution in [3.8, 4) is 11.5 Å². The molecule has 5 nitrogen and oxygen atoms in total. The Morgan fingerprint density at radius 3 is 2.95 bits per heavy atom. The number of alkyl halides is 2. The summed E-state index contributed by atoms with van der Waals surface area (Å²) in [5.74, 6) is -3.38. The van der Waals surface area contributed by atoms with Crippen molar-refractivity contribution < 1.29 is 28.2 Å². The molecule has 8 heteroatoms. The van der Waals surface area contributed by atoms with Crippen molar-refractivity contribution in [3.63, 3.8) is 0 Å². The van der Waals surface area contributed by atoms with Crippen LogP contribution in [0.5, 0.6) is 11.5 Å². The predicted octanol–water partition coefficient (Wildman–Crippen LogP) is 2.97. The van der Waals surface area contributed by atoms with E-state index in [9.17, 15) is 18.7 Å². The number of cyclic esters (lactones) is 1. The van der Waals surface area contributed by atoms with Gasteiger partial charge in [0.2, 0.25) is 0 Å². The van der Waals surface area contributed by atoms with E-state index >= 15 is 0 Å². The minimum absolute atomic E-state index is 0.0633. The fourth-order valence-electron chi connectivity index (χ4n) is 1.86. The molecule has 1 heterocycles. The fraction of sp³-hybridized carbons (Fsp3) is 0.417. The van der Waals surface area contributed by atoms with Crippen LogP contribution in [0.25, 0.3) is 0 Å². The second kappa shape index (κ2) is 5.43. The highest BCUT2D eigenvalue weighted by Crippen LogP contribution is 2.41. The Labute approximate surface area is 122 Å². The molecule has 0 spiro atoms. The maximum Gasteiger partial charge on any atom is 0.408 e. The van der Waals surface area contributed by atoms with Crippen molar-refractivity contribution in [3.05, 3.63) is 22.2 Å². The van der Waals surface area contributed by atoms with E-state index in [1.54, 1.807) is 6.92 Å². The van der Waals surface area contributed by atoms with Crippen molar-refractivity contribution in [1.82, 2.24) is 5.32 Å². The van der Waals surface area contributed by atoms with Crippen molar-refractivity contribution in [2.24, 2.45) is 0 Å². The molecule has 110 valence electrons. The van der Waals surface area contributed by atoms with E-state index in [0.717, 1.165) is 0 Å². The normalized spacial score (nSPS) is 21.0. The molecule has 1 amide bonds. The summed E-state index contributed by atoms with van der Waals surface area (Å²) in [6.45, 7) is 0.969. The number of phenolic OH excluding ortho intramolecular Hbond substituents is 1. The number of ether oxygens (including phenoxy) is 2. The molecule has 1 aliphatic rings. The molecule has 0 unspecified atom stereocenters. The van der Waals surface area contributed by atoms with Gasteiger partial charge in [-0.1, -0.05) is 0 Å². The fourth-order valence-corrected chi connectivity index (χ4v) is 2.32. The van der Waals surface area contributed by atoms with E-state index in [4.69, 9.17) is 4.74 Å². The first kappa shape index (κ1) is 14.8. The van der Waals surface area contributed by atoms with Gasteiger partial charge in [0.05, 0.1) is 11.1 Å². The highest BCUT2D eigenvalue weighted by Gasteiger charge is 2.47. The van der Waals surface area contributed by atoms with Crippen LogP contribution in [0.4, 0.5) is 13.6 Å². The third-order valence-corrected chi connectivity index (χ3v) is 3.37. The summed E-state index contributed by atoms with van der Waals surface area (Å²) in [4.78, 5) is 11.1. The van der Waals surface area contributed by atoms with Gasteiger partial charge >= 0.3 is 12.0 Å². The number of benzene rings is 1. The summed E-state index contributed by atoms with van der Waals surface area (Å²) >= 11 is 3.07. The lowest BCUT2D eigenvalue weighted by molar-refractivity contribution is -0.104. The number of carbonyl (C=O) groups is 1. The highest BCUT2D eigenvalue weighted by atomic mass is 79.9. The summed E-state index contributed by atoms with van der Waals surface area (Å²) < 4.78 is 37.3.